The summed E-state index contributed by atoms with van der Waals surface area (Å²) in [6, 6.07) is 7.59. The van der Waals surface area contributed by atoms with Gasteiger partial charge in [-0.15, -0.1) is 0 Å². The first kappa shape index (κ1) is 11.9. The van der Waals surface area contributed by atoms with Gasteiger partial charge in [-0.05, 0) is 11.6 Å². The maximum absolute atomic E-state index is 10.4. The van der Waals surface area contributed by atoms with Gasteiger partial charge in [0.15, 0.2) is 0 Å². The van der Waals surface area contributed by atoms with Gasteiger partial charge in [-0.1, -0.05) is 18.2 Å². The van der Waals surface area contributed by atoms with E-state index in [1.165, 1.54) is 0 Å². The third-order valence-corrected chi connectivity index (χ3v) is 2.01. The Kier molecular flexibility index (Phi) is 4.34. The molecule has 66 valence electrons. The molecule has 2 rings (SSSR count). The van der Waals surface area contributed by atoms with Crippen LogP contribution in [0.1, 0.15) is 5.56 Å². The number of carboxylic acids is 1. The molecule has 0 saturated heterocycles. The van der Waals surface area contributed by atoms with Gasteiger partial charge in [0.25, 0.3) is 0 Å². The summed E-state index contributed by atoms with van der Waals surface area (Å²) in [6.07, 6.45) is 1.67. The van der Waals surface area contributed by atoms with Gasteiger partial charge in [0.2, 0.25) is 0 Å². The predicted molar refractivity (Wildman–Crippen MR) is 47.0 cm³/mol. The number of fused-ring (bicyclic) bond motifs is 1. The van der Waals surface area contributed by atoms with Gasteiger partial charge in [-0.2, -0.15) is 0 Å². The number of hydrogen-bond acceptors (Lipinski definition) is 2. The normalized spacial score (nSPS) is 9.71. The van der Waals surface area contributed by atoms with Crippen LogP contribution in [0.5, 0.6) is 0 Å². The summed E-state index contributed by atoms with van der Waals surface area (Å²) in [6.45, 7) is 0. The maximum Gasteiger partial charge on any atom is 1.00 e. The molecule has 3 nitrogen and oxygen atoms in total. The van der Waals surface area contributed by atoms with Crippen LogP contribution in [-0.2, 0) is 11.2 Å². The third kappa shape index (κ3) is 2.46. The van der Waals surface area contributed by atoms with E-state index in [1.54, 1.807) is 6.20 Å². The third-order valence-electron chi connectivity index (χ3n) is 2.01. The topological polar surface area (TPSA) is 55.9 Å². The molecule has 0 atom stereocenters. The van der Waals surface area contributed by atoms with E-state index in [-0.39, 0.29) is 57.8 Å². The fraction of sp³-hybridized carbons (Fsp3) is 0.100. The summed E-state index contributed by atoms with van der Waals surface area (Å²) in [5.41, 5.74) is 1.73. The van der Waals surface area contributed by atoms with Crippen LogP contribution >= 0.6 is 0 Å². The van der Waals surface area contributed by atoms with E-state index >= 15 is 0 Å². The van der Waals surface area contributed by atoms with E-state index in [1.807, 2.05) is 24.3 Å². The number of rotatable bonds is 2. The minimum atomic E-state index is -1.05. The summed E-state index contributed by atoms with van der Waals surface area (Å²) >= 11 is 0. The van der Waals surface area contributed by atoms with Crippen LogP contribution in [0.25, 0.3) is 10.9 Å². The molecular weight excluding hydrogens is 205 g/mol. The number of aromatic amines is 1. The summed E-state index contributed by atoms with van der Waals surface area (Å²) in [5, 5.41) is 11.3. The Morgan fingerprint density at radius 2 is 2.07 bits per heavy atom. The number of hydrogen-bond donors (Lipinski definition) is 1. The Bertz CT molecular complexity index is 450. The molecule has 0 spiro atoms. The van der Waals surface area contributed by atoms with Gasteiger partial charge in [0, 0.05) is 29.5 Å². The Hall–Kier alpha value is -0.134. The van der Waals surface area contributed by atoms with Gasteiger partial charge in [0.05, 0.1) is 0 Å². The molecule has 0 aliphatic carbocycles. The average molecular weight is 213 g/mol. The van der Waals surface area contributed by atoms with E-state index < -0.39 is 5.97 Å². The van der Waals surface area contributed by atoms with Gasteiger partial charge < -0.3 is 14.9 Å². The van der Waals surface area contributed by atoms with E-state index in [0.29, 0.717) is 0 Å². The van der Waals surface area contributed by atoms with Crippen molar-refractivity contribution < 1.29 is 61.3 Å². The number of aliphatic carboxylic acids is 1. The Morgan fingerprint density at radius 1 is 1.36 bits per heavy atom. The zero-order valence-corrected chi connectivity index (χ0v) is 11.0. The molecule has 14 heavy (non-hydrogen) atoms. The van der Waals surface area contributed by atoms with Gasteiger partial charge in [-0.3, -0.25) is 0 Å². The van der Waals surface area contributed by atoms with Crippen molar-refractivity contribution in [2.45, 2.75) is 6.42 Å². The van der Waals surface area contributed by atoms with Crippen LogP contribution in [0, 0.1) is 0 Å². The van der Waals surface area contributed by atoms with Crippen molar-refractivity contribution in [1.29, 1.82) is 0 Å². The molecule has 2 aromatic rings. The Morgan fingerprint density at radius 3 is 2.79 bits per heavy atom. The Labute approximate surface area is 124 Å². The molecular formula is C10H8KNO2. The first-order valence-corrected chi connectivity index (χ1v) is 4.02. The molecule has 0 fully saturated rings. The van der Waals surface area contributed by atoms with Crippen molar-refractivity contribution in [3.05, 3.63) is 36.0 Å². The maximum atomic E-state index is 10.4. The van der Waals surface area contributed by atoms with Gasteiger partial charge >= 0.3 is 51.4 Å². The molecule has 0 bridgehead atoms. The molecule has 1 heterocycles. The average Bonchev–Trinajstić information content (AvgIpc) is 2.48. The number of H-pyrrole nitrogens is 1. The number of nitrogens with one attached hydrogen (secondary N) is 1. The van der Waals surface area contributed by atoms with Crippen LogP contribution in [0.2, 0.25) is 0 Å². The zero-order chi connectivity index (χ0) is 9.26. The van der Waals surface area contributed by atoms with Crippen LogP contribution in [0.3, 0.4) is 0 Å². The van der Waals surface area contributed by atoms with Gasteiger partial charge in [-0.25, -0.2) is 0 Å². The first-order chi connectivity index (χ1) is 6.27. The minimum Gasteiger partial charge on any atom is -0.550 e. The SMILES string of the molecule is O=C([O-])Cc1c[nH]c2ccccc12.[K+]. The van der Waals surface area contributed by atoms with E-state index in [0.717, 1.165) is 16.5 Å². The van der Waals surface area contributed by atoms with Crippen molar-refractivity contribution in [2.75, 3.05) is 0 Å². The number of para-hydroxylation sites is 1. The standard InChI is InChI=1S/C10H9NO2.K/c12-10(13)5-7-6-11-9-4-2-1-3-8(7)9;/h1-4,6,11H,5H2,(H,12,13);/q;+1/p-1. The molecule has 0 saturated carbocycles. The molecule has 4 heteroatoms. The fourth-order valence-corrected chi connectivity index (χ4v) is 1.43. The van der Waals surface area contributed by atoms with Crippen molar-refractivity contribution in [1.82, 2.24) is 4.98 Å². The van der Waals surface area contributed by atoms with Crippen LogP contribution in [-0.4, -0.2) is 11.0 Å². The molecule has 0 aliphatic rings. The summed E-state index contributed by atoms with van der Waals surface area (Å²) in [5.74, 6) is -1.05. The number of benzene rings is 1. The molecule has 1 aromatic heterocycles. The molecule has 0 amide bonds. The Balaban J connectivity index is 0.000000980. The van der Waals surface area contributed by atoms with Crippen LogP contribution < -0.4 is 56.5 Å². The molecule has 0 aliphatic heterocycles. The van der Waals surface area contributed by atoms with E-state index in [9.17, 15) is 9.90 Å². The van der Waals surface area contributed by atoms with Crippen molar-refractivity contribution >= 4 is 16.9 Å². The van der Waals surface area contributed by atoms with Crippen LogP contribution in [0.15, 0.2) is 30.5 Å². The van der Waals surface area contributed by atoms with Crippen molar-refractivity contribution in [3.63, 3.8) is 0 Å². The van der Waals surface area contributed by atoms with Gasteiger partial charge in [0.1, 0.15) is 0 Å². The zero-order valence-electron chi connectivity index (χ0n) is 7.91. The molecule has 0 unspecified atom stereocenters. The number of carbonyl (C=O) groups is 1. The molecule has 0 radical (unpaired) electrons. The smallest absolute Gasteiger partial charge is 0.550 e. The second kappa shape index (κ2) is 5.09. The number of aromatic nitrogens is 1. The monoisotopic (exact) mass is 213 g/mol. The molecule has 1 N–H and O–H groups in total. The van der Waals surface area contributed by atoms with E-state index in [2.05, 4.69) is 4.98 Å². The predicted octanol–water partition coefficient (Wildman–Crippen LogP) is -2.54. The summed E-state index contributed by atoms with van der Waals surface area (Å²) in [7, 11) is 0. The van der Waals surface area contributed by atoms with E-state index in [4.69, 9.17) is 0 Å². The minimum absolute atomic E-state index is 0. The fourth-order valence-electron chi connectivity index (χ4n) is 1.43. The quantitative estimate of drug-likeness (QED) is 0.559. The van der Waals surface area contributed by atoms with Crippen molar-refractivity contribution in [2.24, 2.45) is 0 Å². The molecule has 1 aromatic carbocycles. The number of carbonyl (C=O) groups excluding carboxylic acids is 1. The summed E-state index contributed by atoms with van der Waals surface area (Å²) in [4.78, 5) is 13.4. The second-order valence-electron chi connectivity index (χ2n) is 2.91. The number of carboxylic acid groups (broad SMARTS) is 1. The largest absolute Gasteiger partial charge is 1.00 e. The second-order valence-corrected chi connectivity index (χ2v) is 2.91. The summed E-state index contributed by atoms with van der Waals surface area (Å²) < 4.78 is 0. The first-order valence-electron chi connectivity index (χ1n) is 4.02. The van der Waals surface area contributed by atoms with Crippen molar-refractivity contribution in [3.8, 4) is 0 Å². The van der Waals surface area contributed by atoms with Crippen LogP contribution in [0.4, 0.5) is 0 Å².